The third kappa shape index (κ3) is 3.72. The summed E-state index contributed by atoms with van der Waals surface area (Å²) in [5.74, 6) is 0.264. The normalized spacial score (nSPS) is 15.6. The Morgan fingerprint density at radius 3 is 2.97 bits per heavy atom. The number of anilines is 1. The van der Waals surface area contributed by atoms with Crippen LogP contribution in [0, 0.1) is 0 Å². The van der Waals surface area contributed by atoms with Gasteiger partial charge in [0.25, 0.3) is 0 Å². The molecule has 0 radical (unpaired) electrons. The number of hydrogen-bond donors (Lipinski definition) is 2. The van der Waals surface area contributed by atoms with Gasteiger partial charge in [-0.3, -0.25) is 9.78 Å². The van der Waals surface area contributed by atoms with Gasteiger partial charge in [0.05, 0.1) is 22.6 Å². The third-order valence-corrected chi connectivity index (χ3v) is 6.38. The molecular formula is C26H27N7O. The van der Waals surface area contributed by atoms with Gasteiger partial charge in [0, 0.05) is 41.9 Å². The van der Waals surface area contributed by atoms with Crippen LogP contribution in [0.1, 0.15) is 12.6 Å². The molecule has 0 fully saturated rings. The number of hydrogen-bond acceptors (Lipinski definition) is 6. The van der Waals surface area contributed by atoms with E-state index in [-0.39, 0.29) is 11.9 Å². The number of benzene rings is 1. The Bertz CT molecular complexity index is 1450. The quantitative estimate of drug-likeness (QED) is 0.435. The first-order chi connectivity index (χ1) is 16.5. The molecule has 4 heterocycles. The van der Waals surface area contributed by atoms with Crippen molar-refractivity contribution in [2.75, 3.05) is 25.9 Å². The minimum Gasteiger partial charge on any atom is -0.383 e. The van der Waals surface area contributed by atoms with E-state index in [1.54, 1.807) is 6.08 Å². The van der Waals surface area contributed by atoms with Crippen LogP contribution < -0.4 is 11.1 Å². The number of carbonyl (C=O) groups excluding carboxylic acids is 1. The van der Waals surface area contributed by atoms with Crippen molar-refractivity contribution in [1.29, 1.82) is 0 Å². The molecule has 4 aromatic rings. The Balaban J connectivity index is 1.54. The van der Waals surface area contributed by atoms with Crippen molar-refractivity contribution in [2.24, 2.45) is 0 Å². The van der Waals surface area contributed by atoms with E-state index in [0.29, 0.717) is 12.4 Å². The predicted molar refractivity (Wildman–Crippen MR) is 136 cm³/mol. The van der Waals surface area contributed by atoms with Crippen molar-refractivity contribution in [3.05, 3.63) is 67.3 Å². The highest BCUT2D eigenvalue weighted by Crippen LogP contribution is 2.44. The first-order valence-corrected chi connectivity index (χ1v) is 11.3. The molecule has 1 aliphatic rings. The van der Waals surface area contributed by atoms with Crippen LogP contribution in [0.3, 0.4) is 0 Å². The first kappa shape index (κ1) is 21.8. The van der Waals surface area contributed by atoms with E-state index in [4.69, 9.17) is 5.73 Å². The van der Waals surface area contributed by atoms with E-state index in [2.05, 4.69) is 49.3 Å². The maximum absolute atomic E-state index is 12.6. The highest BCUT2D eigenvalue weighted by molar-refractivity contribution is 6.08. The lowest BCUT2D eigenvalue weighted by Crippen LogP contribution is -2.34. The van der Waals surface area contributed by atoms with Crippen LogP contribution in [0.4, 0.5) is 5.82 Å². The van der Waals surface area contributed by atoms with Crippen LogP contribution in [-0.4, -0.2) is 56.5 Å². The Hall–Kier alpha value is -4.04. The average Bonchev–Trinajstić information content (AvgIpc) is 3.33. The SMILES string of the molecule is C=C1c2c(-c3cnc4ccccc4c3)c3c(N)ncnc3n2C[C@H]1NC(=O)C=CCN(C)CC. The zero-order valence-corrected chi connectivity index (χ0v) is 19.3. The van der Waals surface area contributed by atoms with Crippen molar-refractivity contribution in [2.45, 2.75) is 19.5 Å². The summed E-state index contributed by atoms with van der Waals surface area (Å²) in [6, 6.07) is 9.82. The molecule has 8 heteroatoms. The molecule has 3 N–H and O–H groups in total. The summed E-state index contributed by atoms with van der Waals surface area (Å²) in [6.07, 6.45) is 6.76. The molecule has 0 saturated heterocycles. The monoisotopic (exact) mass is 453 g/mol. The molecule has 0 saturated carbocycles. The van der Waals surface area contributed by atoms with Crippen molar-refractivity contribution >= 4 is 39.2 Å². The molecule has 0 spiro atoms. The van der Waals surface area contributed by atoms with Crippen LogP contribution in [0.5, 0.6) is 0 Å². The second-order valence-electron chi connectivity index (χ2n) is 8.55. The van der Waals surface area contributed by atoms with Crippen molar-refractivity contribution in [1.82, 2.24) is 29.7 Å². The number of nitrogens with zero attached hydrogens (tertiary/aromatic N) is 5. The second kappa shape index (κ2) is 8.72. The van der Waals surface area contributed by atoms with Gasteiger partial charge in [-0.1, -0.05) is 37.8 Å². The maximum atomic E-state index is 12.6. The molecule has 1 amide bonds. The number of nitrogens with one attached hydrogen (secondary N) is 1. The van der Waals surface area contributed by atoms with E-state index >= 15 is 0 Å². The summed E-state index contributed by atoms with van der Waals surface area (Å²) in [6.45, 7) is 8.59. The number of pyridine rings is 1. The summed E-state index contributed by atoms with van der Waals surface area (Å²) in [4.78, 5) is 28.1. The van der Waals surface area contributed by atoms with E-state index < -0.39 is 0 Å². The molecule has 0 bridgehead atoms. The molecule has 34 heavy (non-hydrogen) atoms. The number of likely N-dealkylation sites (N-methyl/N-ethyl adjacent to an activating group) is 1. The second-order valence-corrected chi connectivity index (χ2v) is 8.55. The highest BCUT2D eigenvalue weighted by atomic mass is 16.1. The molecule has 0 unspecified atom stereocenters. The van der Waals surface area contributed by atoms with Gasteiger partial charge in [-0.15, -0.1) is 0 Å². The number of nitrogen functional groups attached to an aromatic ring is 1. The Morgan fingerprint density at radius 2 is 2.15 bits per heavy atom. The number of aromatic nitrogens is 4. The average molecular weight is 454 g/mol. The number of rotatable bonds is 6. The first-order valence-electron chi connectivity index (χ1n) is 11.3. The highest BCUT2D eigenvalue weighted by Gasteiger charge is 2.34. The summed E-state index contributed by atoms with van der Waals surface area (Å²) in [7, 11) is 2.01. The number of amides is 1. The molecule has 0 aliphatic carbocycles. The Morgan fingerprint density at radius 1 is 1.32 bits per heavy atom. The molecule has 1 aromatic carbocycles. The van der Waals surface area contributed by atoms with Gasteiger partial charge >= 0.3 is 0 Å². The molecule has 172 valence electrons. The summed E-state index contributed by atoms with van der Waals surface area (Å²) in [5, 5.41) is 4.89. The predicted octanol–water partition coefficient (Wildman–Crippen LogP) is 3.25. The van der Waals surface area contributed by atoms with E-state index in [9.17, 15) is 4.79 Å². The van der Waals surface area contributed by atoms with E-state index in [1.807, 2.05) is 43.6 Å². The van der Waals surface area contributed by atoms with Crippen LogP contribution in [0.2, 0.25) is 0 Å². The van der Waals surface area contributed by atoms with Gasteiger partial charge in [-0.05, 0) is 31.3 Å². The minimum atomic E-state index is -0.246. The largest absolute Gasteiger partial charge is 0.383 e. The fourth-order valence-corrected chi connectivity index (χ4v) is 4.47. The number of fused-ring (bicyclic) bond motifs is 4. The number of carbonyl (C=O) groups is 1. The molecule has 1 aliphatic heterocycles. The maximum Gasteiger partial charge on any atom is 0.244 e. The third-order valence-electron chi connectivity index (χ3n) is 6.38. The van der Waals surface area contributed by atoms with Crippen molar-refractivity contribution in [3.63, 3.8) is 0 Å². The lowest BCUT2D eigenvalue weighted by molar-refractivity contribution is -0.116. The summed E-state index contributed by atoms with van der Waals surface area (Å²) >= 11 is 0. The van der Waals surface area contributed by atoms with Crippen LogP contribution in [0.25, 0.3) is 38.6 Å². The van der Waals surface area contributed by atoms with Gasteiger partial charge in [0.2, 0.25) is 5.91 Å². The molecule has 8 nitrogen and oxygen atoms in total. The number of para-hydroxylation sites is 1. The standard InChI is InChI=1S/C26H27N7O/c1-4-32(3)11-7-10-21(34)31-20-14-33-24(16(20)2)22(23-25(27)29-15-30-26(23)33)18-12-17-8-5-6-9-19(17)28-13-18/h5-10,12-13,15,20H,2,4,11,14H2,1,3H3,(H,31,34)(H2,27,29,30)/t20-/m1/s1. The summed E-state index contributed by atoms with van der Waals surface area (Å²) < 4.78 is 2.07. The van der Waals surface area contributed by atoms with Crippen LogP contribution >= 0.6 is 0 Å². The van der Waals surface area contributed by atoms with Gasteiger partial charge in [-0.25, -0.2) is 9.97 Å². The van der Waals surface area contributed by atoms with Crippen LogP contribution in [0.15, 0.2) is 61.6 Å². The topological polar surface area (TPSA) is 102 Å². The molecular weight excluding hydrogens is 426 g/mol. The zero-order chi connectivity index (χ0) is 23.8. The lowest BCUT2D eigenvalue weighted by atomic mass is 9.98. The molecule has 1 atom stereocenters. The Labute approximate surface area is 197 Å². The zero-order valence-electron chi connectivity index (χ0n) is 19.3. The van der Waals surface area contributed by atoms with Gasteiger partial charge < -0.3 is 20.5 Å². The van der Waals surface area contributed by atoms with Gasteiger partial charge in [0.1, 0.15) is 17.8 Å². The fourth-order valence-electron chi connectivity index (χ4n) is 4.47. The fraction of sp³-hybridized carbons (Fsp3) is 0.231. The molecule has 5 rings (SSSR count). The molecule has 3 aromatic heterocycles. The van der Waals surface area contributed by atoms with E-state index in [1.165, 1.54) is 6.33 Å². The smallest absolute Gasteiger partial charge is 0.244 e. The Kier molecular flexibility index (Phi) is 5.59. The lowest BCUT2D eigenvalue weighted by Gasteiger charge is -2.14. The van der Waals surface area contributed by atoms with Gasteiger partial charge in [-0.2, -0.15) is 0 Å². The van der Waals surface area contributed by atoms with Crippen molar-refractivity contribution < 1.29 is 4.79 Å². The minimum absolute atomic E-state index is 0.145. The summed E-state index contributed by atoms with van der Waals surface area (Å²) in [5.41, 5.74) is 11.5. The van der Waals surface area contributed by atoms with E-state index in [0.717, 1.165) is 57.4 Å². The number of nitrogens with two attached hydrogens (primary N) is 1. The van der Waals surface area contributed by atoms with Crippen molar-refractivity contribution in [3.8, 4) is 11.1 Å². The van der Waals surface area contributed by atoms with Crippen LogP contribution in [-0.2, 0) is 11.3 Å². The van der Waals surface area contributed by atoms with Gasteiger partial charge in [0.15, 0.2) is 0 Å².